The van der Waals surface area contributed by atoms with Gasteiger partial charge in [-0.25, -0.2) is 0 Å². The van der Waals surface area contributed by atoms with Gasteiger partial charge in [-0.15, -0.1) is 11.5 Å². The van der Waals surface area contributed by atoms with E-state index in [1.54, 1.807) is 5.57 Å². The number of allylic oxidation sites excluding steroid dienone is 1. The monoisotopic (exact) mass is 294 g/mol. The summed E-state index contributed by atoms with van der Waals surface area (Å²) in [6.45, 7) is 16.5. The molecule has 0 saturated carbocycles. The molecule has 0 aromatic rings. The van der Waals surface area contributed by atoms with Gasteiger partial charge in [-0.1, -0.05) is 76.7 Å². The van der Waals surface area contributed by atoms with E-state index in [0.29, 0.717) is 0 Å². The van der Waals surface area contributed by atoms with Crippen molar-refractivity contribution < 1.29 is 0 Å². The minimum atomic E-state index is -1.20. The van der Waals surface area contributed by atoms with Crippen molar-refractivity contribution >= 4 is 16.1 Å². The fourth-order valence-corrected chi connectivity index (χ4v) is 4.12. The Morgan fingerprint density at radius 1 is 0.947 bits per heavy atom. The molecule has 0 N–H and O–H groups in total. The SMILES string of the molecule is CCCCCC/C(=C\[Si](C)(C)C)CC#C[Si](C)(C)C. The molecule has 0 rings (SSSR count). The van der Waals surface area contributed by atoms with Crippen molar-refractivity contribution in [2.75, 3.05) is 0 Å². The molecule has 0 unspecified atom stereocenters. The van der Waals surface area contributed by atoms with E-state index in [-0.39, 0.29) is 0 Å². The lowest BCUT2D eigenvalue weighted by atomic mass is 10.1. The summed E-state index contributed by atoms with van der Waals surface area (Å²) in [6.07, 6.45) is 7.70. The molecule has 0 amide bonds. The van der Waals surface area contributed by atoms with E-state index >= 15 is 0 Å². The van der Waals surface area contributed by atoms with Gasteiger partial charge in [0.1, 0.15) is 8.07 Å². The Morgan fingerprint density at radius 3 is 2.05 bits per heavy atom. The van der Waals surface area contributed by atoms with Gasteiger partial charge in [-0.3, -0.25) is 0 Å². The third-order valence-corrected chi connectivity index (χ3v) is 4.97. The topological polar surface area (TPSA) is 0 Å². The van der Waals surface area contributed by atoms with Crippen LogP contribution in [0.2, 0.25) is 39.3 Å². The van der Waals surface area contributed by atoms with E-state index in [9.17, 15) is 0 Å². The van der Waals surface area contributed by atoms with Gasteiger partial charge in [0, 0.05) is 6.42 Å². The number of unbranched alkanes of at least 4 members (excludes halogenated alkanes) is 3. The van der Waals surface area contributed by atoms with Gasteiger partial charge in [-0.05, 0) is 12.8 Å². The van der Waals surface area contributed by atoms with Crippen molar-refractivity contribution in [2.45, 2.75) is 84.7 Å². The minimum absolute atomic E-state index is 1.01. The molecule has 0 spiro atoms. The summed E-state index contributed by atoms with van der Waals surface area (Å²) in [4.78, 5) is 0. The molecule has 0 aliphatic rings. The van der Waals surface area contributed by atoms with E-state index in [1.807, 2.05) is 0 Å². The van der Waals surface area contributed by atoms with Crippen LogP contribution in [0.25, 0.3) is 0 Å². The van der Waals surface area contributed by atoms with Gasteiger partial charge < -0.3 is 0 Å². The molecule has 0 aromatic carbocycles. The van der Waals surface area contributed by atoms with E-state index in [4.69, 9.17) is 0 Å². The highest BCUT2D eigenvalue weighted by Gasteiger charge is 2.11. The summed E-state index contributed by atoms with van der Waals surface area (Å²) in [5.41, 5.74) is 7.70. The van der Waals surface area contributed by atoms with Gasteiger partial charge in [0.15, 0.2) is 0 Å². The predicted molar refractivity (Wildman–Crippen MR) is 95.9 cm³/mol. The molecule has 0 atom stereocenters. The van der Waals surface area contributed by atoms with Crippen LogP contribution in [-0.2, 0) is 0 Å². The number of rotatable bonds is 7. The highest BCUT2D eigenvalue weighted by atomic mass is 28.3. The second-order valence-corrected chi connectivity index (χ2v) is 17.5. The lowest BCUT2D eigenvalue weighted by Gasteiger charge is -2.13. The summed E-state index contributed by atoms with van der Waals surface area (Å²) < 4.78 is 0. The maximum atomic E-state index is 3.50. The largest absolute Gasteiger partial charge is 0.132 e. The molecule has 0 nitrogen and oxygen atoms in total. The first-order chi connectivity index (χ1) is 8.64. The summed E-state index contributed by atoms with van der Waals surface area (Å²) in [7, 11) is -2.31. The van der Waals surface area contributed by atoms with Crippen LogP contribution in [0.4, 0.5) is 0 Å². The van der Waals surface area contributed by atoms with Crippen LogP contribution in [0.3, 0.4) is 0 Å². The zero-order valence-electron chi connectivity index (χ0n) is 14.3. The van der Waals surface area contributed by atoms with Gasteiger partial charge in [-0.2, -0.15) is 0 Å². The van der Waals surface area contributed by atoms with E-state index in [1.165, 1.54) is 32.1 Å². The average Bonchev–Trinajstić information content (AvgIpc) is 2.20. The highest BCUT2D eigenvalue weighted by molar-refractivity contribution is 6.83. The molecule has 0 radical (unpaired) electrons. The van der Waals surface area contributed by atoms with Gasteiger partial charge in [0.25, 0.3) is 0 Å². The van der Waals surface area contributed by atoms with Crippen LogP contribution in [0.15, 0.2) is 11.3 Å². The smallest absolute Gasteiger partial charge is 0.129 e. The van der Waals surface area contributed by atoms with Gasteiger partial charge in [0.2, 0.25) is 0 Å². The maximum absolute atomic E-state index is 3.50. The van der Waals surface area contributed by atoms with Gasteiger partial charge in [0.05, 0.1) is 8.07 Å². The lowest BCUT2D eigenvalue weighted by Crippen LogP contribution is -2.17. The summed E-state index contributed by atoms with van der Waals surface area (Å²) >= 11 is 0. The normalized spacial score (nSPS) is 13.1. The number of hydrogen-bond donors (Lipinski definition) is 0. The Balaban J connectivity index is 4.51. The molecule has 0 aromatic heterocycles. The zero-order chi connectivity index (χ0) is 14.9. The van der Waals surface area contributed by atoms with Crippen molar-refractivity contribution in [3.8, 4) is 11.5 Å². The van der Waals surface area contributed by atoms with Crippen LogP contribution in [0.5, 0.6) is 0 Å². The number of hydrogen-bond acceptors (Lipinski definition) is 0. The first-order valence-corrected chi connectivity index (χ1v) is 14.9. The molecule has 19 heavy (non-hydrogen) atoms. The van der Waals surface area contributed by atoms with Crippen molar-refractivity contribution in [3.63, 3.8) is 0 Å². The second kappa shape index (κ2) is 8.82. The Hall–Kier alpha value is -0.266. The summed E-state index contributed by atoms with van der Waals surface area (Å²) in [5.74, 6) is 3.45. The Morgan fingerprint density at radius 2 is 1.58 bits per heavy atom. The molecule has 2 heteroatoms. The molecule has 0 fully saturated rings. The molecule has 0 aliphatic carbocycles. The standard InChI is InChI=1S/C17H34Si2/c1-8-9-10-11-13-17(16-19(5,6)7)14-12-15-18(2,3)4/h16H,8-11,13-14H2,1-7H3/b17-16+. The van der Waals surface area contributed by atoms with Crippen molar-refractivity contribution in [1.82, 2.24) is 0 Å². The molecular weight excluding hydrogens is 260 g/mol. The fraction of sp³-hybridized carbons (Fsp3) is 0.765. The molecule has 110 valence electrons. The van der Waals surface area contributed by atoms with Crippen molar-refractivity contribution in [2.24, 2.45) is 0 Å². The lowest BCUT2D eigenvalue weighted by molar-refractivity contribution is 0.661. The maximum Gasteiger partial charge on any atom is 0.129 e. The van der Waals surface area contributed by atoms with Crippen molar-refractivity contribution in [1.29, 1.82) is 0 Å². The Labute approximate surface area is 124 Å². The first kappa shape index (κ1) is 18.7. The molecule has 0 saturated heterocycles. The zero-order valence-corrected chi connectivity index (χ0v) is 16.3. The fourth-order valence-electron chi connectivity index (χ4n) is 2.03. The third kappa shape index (κ3) is 14.0. The first-order valence-electron chi connectivity index (χ1n) is 7.85. The summed E-state index contributed by atoms with van der Waals surface area (Å²) in [6, 6.07) is 0. The van der Waals surface area contributed by atoms with Crippen LogP contribution in [-0.4, -0.2) is 16.1 Å². The van der Waals surface area contributed by atoms with Crippen molar-refractivity contribution in [3.05, 3.63) is 11.3 Å². The minimum Gasteiger partial charge on any atom is -0.132 e. The van der Waals surface area contributed by atoms with Crippen LogP contribution in [0.1, 0.15) is 45.4 Å². The van der Waals surface area contributed by atoms with Crippen LogP contribution in [0, 0.1) is 11.5 Å². The third-order valence-electron chi connectivity index (χ3n) is 2.77. The molecule has 0 aliphatic heterocycles. The van der Waals surface area contributed by atoms with Gasteiger partial charge >= 0.3 is 0 Å². The second-order valence-electron chi connectivity index (χ2n) is 7.71. The van der Waals surface area contributed by atoms with E-state index in [0.717, 1.165) is 6.42 Å². The average molecular weight is 295 g/mol. The molecule has 0 bridgehead atoms. The highest BCUT2D eigenvalue weighted by Crippen LogP contribution is 2.17. The summed E-state index contributed by atoms with van der Waals surface area (Å²) in [5, 5.41) is 0. The van der Waals surface area contributed by atoms with E-state index < -0.39 is 16.1 Å². The predicted octanol–water partition coefficient (Wildman–Crippen LogP) is 6.03. The van der Waals surface area contributed by atoms with E-state index in [2.05, 4.69) is 63.4 Å². The van der Waals surface area contributed by atoms with Crippen LogP contribution >= 0.6 is 0 Å². The Kier molecular flexibility index (Phi) is 8.69. The molecule has 0 heterocycles. The quantitative estimate of drug-likeness (QED) is 0.305. The Bertz CT molecular complexity index is 329. The molecular formula is C17H34Si2. The van der Waals surface area contributed by atoms with Crippen LogP contribution < -0.4 is 0 Å².